The third-order valence-electron chi connectivity index (χ3n) is 5.08. The molecular formula is C21H27FN4O3. The molecule has 8 heteroatoms. The van der Waals surface area contributed by atoms with Gasteiger partial charge in [0.15, 0.2) is 0 Å². The van der Waals surface area contributed by atoms with Gasteiger partial charge in [-0.1, -0.05) is 18.2 Å². The van der Waals surface area contributed by atoms with Crippen LogP contribution in [0.25, 0.3) is 0 Å². The van der Waals surface area contributed by atoms with Gasteiger partial charge >= 0.3 is 0 Å². The summed E-state index contributed by atoms with van der Waals surface area (Å²) in [6, 6.07) is 6.44. The number of H-pyrrole nitrogens is 1. The van der Waals surface area contributed by atoms with Crippen LogP contribution in [0.3, 0.4) is 0 Å². The first-order valence-electron chi connectivity index (χ1n) is 9.78. The molecule has 0 bridgehead atoms. The number of hydrogen-bond acceptors (Lipinski definition) is 4. The van der Waals surface area contributed by atoms with Crippen LogP contribution < -0.4 is 5.32 Å². The normalized spacial score (nSPS) is 15.2. The minimum absolute atomic E-state index is 0.0190. The summed E-state index contributed by atoms with van der Waals surface area (Å²) in [4.78, 5) is 33.9. The molecule has 7 nitrogen and oxygen atoms in total. The van der Waals surface area contributed by atoms with E-state index in [1.165, 1.54) is 6.07 Å². The number of amides is 2. The molecule has 0 spiro atoms. The van der Waals surface area contributed by atoms with Crippen molar-refractivity contribution in [1.29, 1.82) is 0 Å². The lowest BCUT2D eigenvalue weighted by Gasteiger charge is -2.49. The van der Waals surface area contributed by atoms with Crippen molar-refractivity contribution in [2.75, 3.05) is 26.2 Å². The fraction of sp³-hybridized carbons (Fsp3) is 0.476. The third kappa shape index (κ3) is 5.20. The highest BCUT2D eigenvalue weighted by molar-refractivity contribution is 5.88. The molecule has 2 heterocycles. The molecule has 3 rings (SSSR count). The maximum absolute atomic E-state index is 14.2. The van der Waals surface area contributed by atoms with E-state index in [0.29, 0.717) is 18.5 Å². The SMILES string of the molecule is CC(C)OCC(=O)N1CC(Cc2ccccc2F)(C(=O)NCCc2cnc[nH]2)C1. The predicted molar refractivity (Wildman–Crippen MR) is 106 cm³/mol. The molecule has 1 aliphatic heterocycles. The summed E-state index contributed by atoms with van der Waals surface area (Å²) in [6.07, 6.45) is 4.11. The van der Waals surface area contributed by atoms with Crippen LogP contribution in [-0.4, -0.2) is 59.0 Å². The van der Waals surface area contributed by atoms with Crippen molar-refractivity contribution in [1.82, 2.24) is 20.2 Å². The molecule has 0 aliphatic carbocycles. The second-order valence-electron chi connectivity index (χ2n) is 7.74. The van der Waals surface area contributed by atoms with E-state index in [1.54, 1.807) is 35.6 Å². The molecular weight excluding hydrogens is 375 g/mol. The fourth-order valence-electron chi connectivity index (χ4n) is 3.45. The van der Waals surface area contributed by atoms with E-state index in [-0.39, 0.29) is 49.9 Å². The van der Waals surface area contributed by atoms with Gasteiger partial charge in [-0.05, 0) is 31.9 Å². The minimum Gasteiger partial charge on any atom is -0.369 e. The maximum atomic E-state index is 14.2. The first kappa shape index (κ1) is 21.0. The van der Waals surface area contributed by atoms with E-state index >= 15 is 0 Å². The van der Waals surface area contributed by atoms with E-state index in [4.69, 9.17) is 4.74 Å². The van der Waals surface area contributed by atoms with Gasteiger partial charge in [-0.25, -0.2) is 9.37 Å². The summed E-state index contributed by atoms with van der Waals surface area (Å²) >= 11 is 0. The summed E-state index contributed by atoms with van der Waals surface area (Å²) in [5, 5.41) is 2.93. The van der Waals surface area contributed by atoms with Crippen molar-refractivity contribution in [3.63, 3.8) is 0 Å². The molecule has 1 aliphatic rings. The Labute approximate surface area is 169 Å². The van der Waals surface area contributed by atoms with Crippen LogP contribution in [0.1, 0.15) is 25.1 Å². The third-order valence-corrected chi connectivity index (χ3v) is 5.08. The van der Waals surface area contributed by atoms with Crippen molar-refractivity contribution in [2.45, 2.75) is 32.8 Å². The molecule has 2 N–H and O–H groups in total. The van der Waals surface area contributed by atoms with Gasteiger partial charge in [0.1, 0.15) is 12.4 Å². The number of halogens is 1. The summed E-state index contributed by atoms with van der Waals surface area (Å²) in [5.41, 5.74) is 0.551. The Kier molecular flexibility index (Phi) is 6.64. The van der Waals surface area contributed by atoms with Crippen LogP contribution in [0, 0.1) is 11.2 Å². The Bertz CT molecular complexity index is 832. The number of aromatic amines is 1. The van der Waals surface area contributed by atoms with E-state index < -0.39 is 5.41 Å². The highest BCUT2D eigenvalue weighted by Gasteiger charge is 2.51. The van der Waals surface area contributed by atoms with Gasteiger partial charge in [-0.15, -0.1) is 0 Å². The highest BCUT2D eigenvalue weighted by Crippen LogP contribution is 2.35. The van der Waals surface area contributed by atoms with Crippen LogP contribution in [-0.2, 0) is 27.2 Å². The lowest BCUT2D eigenvalue weighted by Crippen LogP contribution is -2.66. The Morgan fingerprint density at radius 3 is 2.76 bits per heavy atom. The average Bonchev–Trinajstić information content (AvgIpc) is 3.17. The van der Waals surface area contributed by atoms with E-state index in [0.717, 1.165) is 5.69 Å². The smallest absolute Gasteiger partial charge is 0.248 e. The summed E-state index contributed by atoms with van der Waals surface area (Å²) in [6.45, 7) is 4.63. The molecule has 2 amide bonds. The van der Waals surface area contributed by atoms with Crippen molar-refractivity contribution in [3.8, 4) is 0 Å². The van der Waals surface area contributed by atoms with Crippen LogP contribution in [0.5, 0.6) is 0 Å². The summed E-state index contributed by atoms with van der Waals surface area (Å²) < 4.78 is 19.6. The lowest BCUT2D eigenvalue weighted by atomic mass is 9.73. The molecule has 0 unspecified atom stereocenters. The minimum atomic E-state index is -0.844. The number of carbonyl (C=O) groups is 2. The van der Waals surface area contributed by atoms with E-state index in [1.807, 2.05) is 13.8 Å². The molecule has 2 aromatic rings. The molecule has 0 radical (unpaired) electrons. The number of nitrogens with one attached hydrogen (secondary N) is 2. The molecule has 1 aromatic heterocycles. The van der Waals surface area contributed by atoms with Crippen molar-refractivity contribution in [3.05, 3.63) is 53.9 Å². The standard InChI is InChI=1S/C21H27FN4O3/c1-15(2)29-11-19(27)26-12-21(13-26,9-16-5-3-4-6-18(16)22)20(28)24-8-7-17-10-23-14-25-17/h3-6,10,14-15H,7-9,11-13H2,1-2H3,(H,23,25)(H,24,28). The van der Waals surface area contributed by atoms with E-state index in [2.05, 4.69) is 15.3 Å². The molecule has 1 saturated heterocycles. The zero-order chi connectivity index (χ0) is 20.9. The zero-order valence-electron chi connectivity index (χ0n) is 16.8. The molecule has 1 aromatic carbocycles. The first-order chi connectivity index (χ1) is 13.9. The van der Waals surface area contributed by atoms with Crippen molar-refractivity contribution >= 4 is 11.8 Å². The number of benzene rings is 1. The molecule has 1 fully saturated rings. The number of aromatic nitrogens is 2. The average molecular weight is 402 g/mol. The van der Waals surface area contributed by atoms with Gasteiger partial charge in [-0.2, -0.15) is 0 Å². The highest BCUT2D eigenvalue weighted by atomic mass is 19.1. The van der Waals surface area contributed by atoms with Crippen molar-refractivity contribution in [2.24, 2.45) is 5.41 Å². The van der Waals surface area contributed by atoms with Gasteiger partial charge < -0.3 is 19.9 Å². The summed E-state index contributed by atoms with van der Waals surface area (Å²) in [7, 11) is 0. The maximum Gasteiger partial charge on any atom is 0.248 e. The Hall–Kier alpha value is -2.74. The number of nitrogens with zero attached hydrogens (tertiary/aromatic N) is 2. The van der Waals surface area contributed by atoms with Crippen molar-refractivity contribution < 1.29 is 18.7 Å². The van der Waals surface area contributed by atoms with E-state index in [9.17, 15) is 14.0 Å². The van der Waals surface area contributed by atoms with Crippen LogP contribution in [0.4, 0.5) is 4.39 Å². The summed E-state index contributed by atoms with van der Waals surface area (Å²) in [5.74, 6) is -0.674. The number of hydrogen-bond donors (Lipinski definition) is 2. The number of ether oxygens (including phenoxy) is 1. The van der Waals surface area contributed by atoms with Gasteiger partial charge in [0.2, 0.25) is 11.8 Å². The lowest BCUT2D eigenvalue weighted by molar-refractivity contribution is -0.157. The molecule has 29 heavy (non-hydrogen) atoms. The molecule has 0 atom stereocenters. The number of likely N-dealkylation sites (tertiary alicyclic amines) is 1. The Morgan fingerprint density at radius 1 is 1.34 bits per heavy atom. The molecule has 156 valence electrons. The van der Waals surface area contributed by atoms with Gasteiger partial charge in [-0.3, -0.25) is 9.59 Å². The first-order valence-corrected chi connectivity index (χ1v) is 9.78. The monoisotopic (exact) mass is 402 g/mol. The number of imidazole rings is 1. The second-order valence-corrected chi connectivity index (χ2v) is 7.74. The fourth-order valence-corrected chi connectivity index (χ4v) is 3.45. The quantitative estimate of drug-likeness (QED) is 0.668. The zero-order valence-corrected chi connectivity index (χ0v) is 16.8. The second kappa shape index (κ2) is 9.17. The number of rotatable bonds is 9. The molecule has 0 saturated carbocycles. The number of carbonyl (C=O) groups excluding carboxylic acids is 2. The predicted octanol–water partition coefficient (Wildman–Crippen LogP) is 1.70. The van der Waals surface area contributed by atoms with Crippen LogP contribution in [0.15, 0.2) is 36.8 Å². The van der Waals surface area contributed by atoms with Gasteiger partial charge in [0, 0.05) is 37.9 Å². The topological polar surface area (TPSA) is 87.3 Å². The van der Waals surface area contributed by atoms with Crippen LogP contribution in [0.2, 0.25) is 0 Å². The van der Waals surface area contributed by atoms with Gasteiger partial charge in [0.25, 0.3) is 0 Å². The largest absolute Gasteiger partial charge is 0.369 e. The Balaban J connectivity index is 1.65. The van der Waals surface area contributed by atoms with Crippen LogP contribution >= 0.6 is 0 Å². The van der Waals surface area contributed by atoms with Gasteiger partial charge in [0.05, 0.1) is 17.8 Å². The Morgan fingerprint density at radius 2 is 2.10 bits per heavy atom.